The number of carboxylic acids is 1. The Bertz CT molecular complexity index is 498. The molecule has 4 heteroatoms. The van der Waals surface area contributed by atoms with Crippen molar-refractivity contribution in [2.45, 2.75) is 45.1 Å². The number of carbonyl (C=O) groups excluding carboxylic acids is 1. The lowest BCUT2D eigenvalue weighted by molar-refractivity contribution is -0.136. The van der Waals surface area contributed by atoms with E-state index in [9.17, 15) is 9.59 Å². The molecule has 0 saturated carbocycles. The zero-order chi connectivity index (χ0) is 14.5. The number of carboxylic acid groups (broad SMARTS) is 1. The highest BCUT2D eigenvalue weighted by Gasteiger charge is 2.27. The van der Waals surface area contributed by atoms with E-state index in [-0.39, 0.29) is 18.4 Å². The van der Waals surface area contributed by atoms with Gasteiger partial charge in [0.1, 0.15) is 0 Å². The molecule has 0 bridgehead atoms. The van der Waals surface area contributed by atoms with Crippen LogP contribution in [0.25, 0.3) is 0 Å². The Morgan fingerprint density at radius 3 is 2.80 bits per heavy atom. The van der Waals surface area contributed by atoms with E-state index in [1.165, 1.54) is 0 Å². The lowest BCUT2D eigenvalue weighted by Gasteiger charge is -2.24. The maximum atomic E-state index is 11.9. The van der Waals surface area contributed by atoms with Gasteiger partial charge in [-0.25, -0.2) is 0 Å². The Kier molecular flexibility index (Phi) is 4.77. The third kappa shape index (κ3) is 3.59. The summed E-state index contributed by atoms with van der Waals surface area (Å²) in [7, 11) is 0. The van der Waals surface area contributed by atoms with Crippen LogP contribution < -0.4 is 0 Å². The quantitative estimate of drug-likeness (QED) is 0.896. The Hall–Kier alpha value is -1.84. The van der Waals surface area contributed by atoms with E-state index in [1.54, 1.807) is 0 Å². The standard InChI is InChI=1S/C16H21NO3/c1-2-15(18)17-8-4-7-14(17)10-12-5-3-6-13(9-12)11-16(19)20/h3,5-6,9,14H,2,4,7-8,10-11H2,1H3,(H,19,20). The van der Waals surface area contributed by atoms with E-state index in [0.717, 1.165) is 36.9 Å². The molecule has 2 rings (SSSR count). The highest BCUT2D eigenvalue weighted by atomic mass is 16.4. The summed E-state index contributed by atoms with van der Waals surface area (Å²) < 4.78 is 0. The molecule has 1 N–H and O–H groups in total. The van der Waals surface area contributed by atoms with Crippen LogP contribution in [0, 0.1) is 0 Å². The fraction of sp³-hybridized carbons (Fsp3) is 0.500. The van der Waals surface area contributed by atoms with Gasteiger partial charge in [-0.1, -0.05) is 31.2 Å². The Morgan fingerprint density at radius 1 is 1.35 bits per heavy atom. The third-order valence-corrected chi connectivity index (χ3v) is 3.82. The Morgan fingerprint density at radius 2 is 2.10 bits per heavy atom. The van der Waals surface area contributed by atoms with Crippen molar-refractivity contribution in [3.8, 4) is 0 Å². The number of benzene rings is 1. The van der Waals surface area contributed by atoms with E-state index in [4.69, 9.17) is 5.11 Å². The SMILES string of the molecule is CCC(=O)N1CCCC1Cc1cccc(CC(=O)O)c1. The van der Waals surface area contributed by atoms with Gasteiger partial charge in [0.15, 0.2) is 0 Å². The molecule has 108 valence electrons. The van der Waals surface area contributed by atoms with E-state index < -0.39 is 5.97 Å². The van der Waals surface area contributed by atoms with Gasteiger partial charge in [-0.05, 0) is 30.4 Å². The number of nitrogens with zero attached hydrogens (tertiary/aromatic N) is 1. The molecule has 0 spiro atoms. The molecule has 4 nitrogen and oxygen atoms in total. The molecule has 1 unspecified atom stereocenters. The zero-order valence-electron chi connectivity index (χ0n) is 11.8. The van der Waals surface area contributed by atoms with Crippen LogP contribution in [0.4, 0.5) is 0 Å². The van der Waals surface area contributed by atoms with Gasteiger partial charge in [0.2, 0.25) is 5.91 Å². The number of likely N-dealkylation sites (tertiary alicyclic amines) is 1. The summed E-state index contributed by atoms with van der Waals surface area (Å²) in [6, 6.07) is 7.96. The van der Waals surface area contributed by atoms with Gasteiger partial charge >= 0.3 is 5.97 Å². The predicted octanol–water partition coefficient (Wildman–Crippen LogP) is 2.26. The lowest BCUT2D eigenvalue weighted by atomic mass is 10.0. The number of hydrogen-bond donors (Lipinski definition) is 1. The molecule has 1 amide bonds. The van der Waals surface area contributed by atoms with Crippen LogP contribution in [0.2, 0.25) is 0 Å². The average molecular weight is 275 g/mol. The van der Waals surface area contributed by atoms with Gasteiger partial charge in [0, 0.05) is 19.0 Å². The molecule has 0 aliphatic carbocycles. The maximum Gasteiger partial charge on any atom is 0.307 e. The smallest absolute Gasteiger partial charge is 0.307 e. The largest absolute Gasteiger partial charge is 0.481 e. The minimum atomic E-state index is -0.814. The monoisotopic (exact) mass is 275 g/mol. The summed E-state index contributed by atoms with van der Waals surface area (Å²) in [5.41, 5.74) is 1.94. The zero-order valence-corrected chi connectivity index (χ0v) is 11.8. The van der Waals surface area contributed by atoms with Crippen molar-refractivity contribution in [3.05, 3.63) is 35.4 Å². The first-order chi connectivity index (χ1) is 9.60. The van der Waals surface area contributed by atoms with Crippen molar-refractivity contribution in [2.75, 3.05) is 6.54 Å². The molecule has 20 heavy (non-hydrogen) atoms. The maximum absolute atomic E-state index is 11.9. The van der Waals surface area contributed by atoms with Crippen molar-refractivity contribution in [1.29, 1.82) is 0 Å². The summed E-state index contributed by atoms with van der Waals surface area (Å²) in [5.74, 6) is -0.597. The van der Waals surface area contributed by atoms with Crippen LogP contribution in [0.3, 0.4) is 0 Å². The summed E-state index contributed by atoms with van der Waals surface area (Å²) in [5, 5.41) is 8.84. The van der Waals surface area contributed by atoms with Crippen LogP contribution in [0.1, 0.15) is 37.3 Å². The molecule has 1 atom stereocenters. The molecule has 0 radical (unpaired) electrons. The summed E-state index contributed by atoms with van der Waals surface area (Å²) in [6.07, 6.45) is 3.52. The van der Waals surface area contributed by atoms with E-state index >= 15 is 0 Å². The predicted molar refractivity (Wildman–Crippen MR) is 76.5 cm³/mol. The van der Waals surface area contributed by atoms with E-state index in [0.29, 0.717) is 6.42 Å². The van der Waals surface area contributed by atoms with Gasteiger partial charge < -0.3 is 10.0 Å². The molecule has 1 aromatic rings. The van der Waals surface area contributed by atoms with Crippen molar-refractivity contribution in [1.82, 2.24) is 4.90 Å². The van der Waals surface area contributed by atoms with Crippen molar-refractivity contribution >= 4 is 11.9 Å². The summed E-state index contributed by atoms with van der Waals surface area (Å²) in [6.45, 7) is 2.75. The molecule has 0 aromatic heterocycles. The van der Waals surface area contributed by atoms with Crippen LogP contribution in [0.15, 0.2) is 24.3 Å². The molecule has 1 aliphatic heterocycles. The normalized spacial score (nSPS) is 18.2. The van der Waals surface area contributed by atoms with Crippen LogP contribution >= 0.6 is 0 Å². The number of hydrogen-bond acceptors (Lipinski definition) is 2. The topological polar surface area (TPSA) is 57.6 Å². The third-order valence-electron chi connectivity index (χ3n) is 3.82. The van der Waals surface area contributed by atoms with Crippen LogP contribution in [0.5, 0.6) is 0 Å². The molecule has 1 aliphatic rings. The van der Waals surface area contributed by atoms with E-state index in [2.05, 4.69) is 0 Å². The molecular formula is C16H21NO3. The van der Waals surface area contributed by atoms with Crippen molar-refractivity contribution in [3.63, 3.8) is 0 Å². The number of carbonyl (C=O) groups is 2. The highest BCUT2D eigenvalue weighted by Crippen LogP contribution is 2.22. The van der Waals surface area contributed by atoms with Crippen molar-refractivity contribution < 1.29 is 14.7 Å². The van der Waals surface area contributed by atoms with Gasteiger partial charge in [-0.2, -0.15) is 0 Å². The first kappa shape index (κ1) is 14.6. The molecule has 1 aromatic carbocycles. The fourth-order valence-electron chi connectivity index (χ4n) is 2.89. The molecular weight excluding hydrogens is 254 g/mol. The van der Waals surface area contributed by atoms with Gasteiger partial charge in [0.05, 0.1) is 6.42 Å². The van der Waals surface area contributed by atoms with Gasteiger partial charge in [-0.3, -0.25) is 9.59 Å². The second kappa shape index (κ2) is 6.55. The summed E-state index contributed by atoms with van der Waals surface area (Å²) >= 11 is 0. The molecule has 1 fully saturated rings. The number of aliphatic carboxylic acids is 1. The number of amides is 1. The first-order valence-electron chi connectivity index (χ1n) is 7.19. The fourth-order valence-corrected chi connectivity index (χ4v) is 2.89. The number of rotatable bonds is 5. The molecule has 1 heterocycles. The first-order valence-corrected chi connectivity index (χ1v) is 7.19. The highest BCUT2D eigenvalue weighted by molar-refractivity contribution is 5.76. The van der Waals surface area contributed by atoms with Crippen LogP contribution in [-0.4, -0.2) is 34.5 Å². The second-order valence-corrected chi connectivity index (χ2v) is 5.33. The Balaban J connectivity index is 2.05. The lowest BCUT2D eigenvalue weighted by Crippen LogP contribution is -2.36. The van der Waals surface area contributed by atoms with Crippen molar-refractivity contribution in [2.24, 2.45) is 0 Å². The van der Waals surface area contributed by atoms with Gasteiger partial charge in [0.25, 0.3) is 0 Å². The van der Waals surface area contributed by atoms with E-state index in [1.807, 2.05) is 36.1 Å². The average Bonchev–Trinajstić information content (AvgIpc) is 2.85. The molecule has 1 saturated heterocycles. The minimum Gasteiger partial charge on any atom is -0.481 e. The van der Waals surface area contributed by atoms with Gasteiger partial charge in [-0.15, -0.1) is 0 Å². The second-order valence-electron chi connectivity index (χ2n) is 5.33. The summed E-state index contributed by atoms with van der Waals surface area (Å²) in [4.78, 5) is 24.6. The minimum absolute atomic E-state index is 0.0517. The van der Waals surface area contributed by atoms with Crippen LogP contribution in [-0.2, 0) is 22.4 Å². The Labute approximate surface area is 119 Å².